The first-order valence-electron chi connectivity index (χ1n) is 7.25. The average molecular weight is 372 g/mol. The third kappa shape index (κ3) is 3.80. The Hall–Kier alpha value is -1.27. The summed E-state index contributed by atoms with van der Waals surface area (Å²) in [4.78, 5) is 12.3. The van der Waals surface area contributed by atoms with E-state index in [1.807, 2.05) is 0 Å². The molecule has 0 bridgehead atoms. The summed E-state index contributed by atoms with van der Waals surface area (Å²) in [6.45, 7) is 0.696. The van der Waals surface area contributed by atoms with Crippen LogP contribution in [0.2, 0.25) is 10.0 Å². The van der Waals surface area contributed by atoms with Crippen LogP contribution in [-0.2, 0) is 4.74 Å². The van der Waals surface area contributed by atoms with E-state index in [2.05, 4.69) is 5.32 Å². The van der Waals surface area contributed by atoms with E-state index in [0.29, 0.717) is 21.7 Å². The van der Waals surface area contributed by atoms with Crippen molar-refractivity contribution >= 4 is 45.5 Å². The van der Waals surface area contributed by atoms with E-state index >= 15 is 0 Å². The molecule has 2 aromatic rings. The number of hydrogen-bond acceptors (Lipinski definition) is 4. The molecule has 1 fully saturated rings. The number of nitrogens with one attached hydrogen (secondary N) is 1. The highest BCUT2D eigenvalue weighted by Gasteiger charge is 2.21. The van der Waals surface area contributed by atoms with E-state index in [1.165, 1.54) is 11.3 Å². The highest BCUT2D eigenvalue weighted by Crippen LogP contribution is 2.40. The zero-order valence-corrected chi connectivity index (χ0v) is 14.5. The highest BCUT2D eigenvalue weighted by atomic mass is 35.5. The Labute approximate surface area is 148 Å². The maximum atomic E-state index is 11.5. The minimum atomic E-state index is -0.976. The van der Waals surface area contributed by atoms with Crippen molar-refractivity contribution in [3.8, 4) is 10.4 Å². The molecule has 0 amide bonds. The predicted octanol–water partition coefficient (Wildman–Crippen LogP) is 5.36. The molecule has 23 heavy (non-hydrogen) atoms. The van der Waals surface area contributed by atoms with Gasteiger partial charge in [0.25, 0.3) is 0 Å². The van der Waals surface area contributed by atoms with Gasteiger partial charge in [0.15, 0.2) is 0 Å². The van der Waals surface area contributed by atoms with Crippen molar-refractivity contribution in [1.82, 2.24) is 0 Å². The molecule has 0 aliphatic carbocycles. The quantitative estimate of drug-likeness (QED) is 0.759. The van der Waals surface area contributed by atoms with Crippen molar-refractivity contribution in [2.24, 2.45) is 0 Å². The standard InChI is InChI=1S/C16H15Cl2NO3S/c17-9-4-5-10(12(18)7-9)13-8-11(16(20)21)15(23-13)19-14-3-1-2-6-22-14/h4-5,7-8,14,19H,1-3,6H2,(H,20,21). The summed E-state index contributed by atoms with van der Waals surface area (Å²) in [6, 6.07) is 6.81. The van der Waals surface area contributed by atoms with Gasteiger partial charge in [-0.2, -0.15) is 0 Å². The second kappa shape index (κ2) is 7.09. The van der Waals surface area contributed by atoms with E-state index < -0.39 is 5.97 Å². The third-order valence-electron chi connectivity index (χ3n) is 3.63. The Morgan fingerprint density at radius 1 is 1.30 bits per heavy atom. The zero-order chi connectivity index (χ0) is 16.4. The van der Waals surface area contributed by atoms with Crippen LogP contribution in [0, 0.1) is 0 Å². The second-order valence-electron chi connectivity index (χ2n) is 5.28. The molecule has 3 rings (SSSR count). The maximum absolute atomic E-state index is 11.5. The third-order valence-corrected chi connectivity index (χ3v) is 5.28. The van der Waals surface area contributed by atoms with Crippen molar-refractivity contribution in [3.63, 3.8) is 0 Å². The van der Waals surface area contributed by atoms with Gasteiger partial charge in [-0.05, 0) is 37.5 Å². The van der Waals surface area contributed by atoms with E-state index in [9.17, 15) is 9.90 Å². The lowest BCUT2D eigenvalue weighted by molar-refractivity contribution is 0.0344. The monoisotopic (exact) mass is 371 g/mol. The van der Waals surface area contributed by atoms with E-state index in [1.54, 1.807) is 24.3 Å². The van der Waals surface area contributed by atoms with Gasteiger partial charge in [0.1, 0.15) is 11.2 Å². The molecule has 1 atom stereocenters. The fraction of sp³-hybridized carbons (Fsp3) is 0.312. The van der Waals surface area contributed by atoms with Gasteiger partial charge in [0.05, 0.1) is 10.6 Å². The Kier molecular flexibility index (Phi) is 5.11. The molecule has 1 aliphatic rings. The number of thiophene rings is 1. The number of hydrogen-bond donors (Lipinski definition) is 2. The molecule has 1 aliphatic heterocycles. The van der Waals surface area contributed by atoms with Gasteiger partial charge in [-0.25, -0.2) is 4.79 Å². The number of carboxylic acids is 1. The number of halogens is 2. The molecule has 1 aromatic heterocycles. The summed E-state index contributed by atoms with van der Waals surface area (Å²) in [6.07, 6.45) is 2.84. The Morgan fingerprint density at radius 2 is 2.13 bits per heavy atom. The van der Waals surface area contributed by atoms with Crippen LogP contribution in [-0.4, -0.2) is 23.9 Å². The molecular weight excluding hydrogens is 357 g/mol. The van der Waals surface area contributed by atoms with Crippen LogP contribution in [0.5, 0.6) is 0 Å². The number of benzene rings is 1. The molecule has 1 saturated heterocycles. The van der Waals surface area contributed by atoms with Crippen LogP contribution < -0.4 is 5.32 Å². The van der Waals surface area contributed by atoms with Crippen LogP contribution in [0.4, 0.5) is 5.00 Å². The summed E-state index contributed by atoms with van der Waals surface area (Å²) in [5.74, 6) is -0.976. The highest BCUT2D eigenvalue weighted by molar-refractivity contribution is 7.19. The number of carbonyl (C=O) groups is 1. The fourth-order valence-electron chi connectivity index (χ4n) is 2.48. The number of aromatic carboxylic acids is 1. The molecule has 4 nitrogen and oxygen atoms in total. The van der Waals surface area contributed by atoms with Crippen molar-refractivity contribution in [2.45, 2.75) is 25.5 Å². The molecule has 1 aromatic carbocycles. The molecule has 0 radical (unpaired) electrons. The topological polar surface area (TPSA) is 58.6 Å². The van der Waals surface area contributed by atoms with Gasteiger partial charge in [-0.15, -0.1) is 11.3 Å². The lowest BCUT2D eigenvalue weighted by Gasteiger charge is -2.23. The van der Waals surface area contributed by atoms with Gasteiger partial charge < -0.3 is 15.2 Å². The molecule has 1 unspecified atom stereocenters. The van der Waals surface area contributed by atoms with Crippen LogP contribution in [0.25, 0.3) is 10.4 Å². The van der Waals surface area contributed by atoms with Crippen molar-refractivity contribution in [3.05, 3.63) is 39.9 Å². The Balaban J connectivity index is 1.93. The normalized spacial score (nSPS) is 17.9. The van der Waals surface area contributed by atoms with E-state index in [4.69, 9.17) is 27.9 Å². The minimum absolute atomic E-state index is 0.144. The first kappa shape index (κ1) is 16.6. The SMILES string of the molecule is O=C(O)c1cc(-c2ccc(Cl)cc2Cl)sc1NC1CCCCO1. The number of anilines is 1. The van der Waals surface area contributed by atoms with Crippen LogP contribution in [0.1, 0.15) is 29.6 Å². The summed E-state index contributed by atoms with van der Waals surface area (Å²) in [5.41, 5.74) is 0.992. The Morgan fingerprint density at radius 3 is 2.78 bits per heavy atom. The van der Waals surface area contributed by atoms with Gasteiger partial charge in [0.2, 0.25) is 0 Å². The second-order valence-corrected chi connectivity index (χ2v) is 7.18. The number of carboxylic acid groups (broad SMARTS) is 1. The van der Waals surface area contributed by atoms with Crippen molar-refractivity contribution in [1.29, 1.82) is 0 Å². The summed E-state index contributed by atoms with van der Waals surface area (Å²) < 4.78 is 5.63. The minimum Gasteiger partial charge on any atom is -0.478 e. The lowest BCUT2D eigenvalue weighted by atomic mass is 10.1. The summed E-state index contributed by atoms with van der Waals surface area (Å²) in [5, 5.41) is 14.3. The van der Waals surface area contributed by atoms with Crippen molar-refractivity contribution < 1.29 is 14.6 Å². The predicted molar refractivity (Wildman–Crippen MR) is 93.9 cm³/mol. The van der Waals surface area contributed by atoms with Gasteiger partial charge in [0, 0.05) is 22.1 Å². The average Bonchev–Trinajstić information content (AvgIpc) is 2.92. The first-order valence-corrected chi connectivity index (χ1v) is 8.82. The molecule has 0 spiro atoms. The molecule has 2 N–H and O–H groups in total. The van der Waals surface area contributed by atoms with Gasteiger partial charge in [-0.3, -0.25) is 0 Å². The molecular formula is C16H15Cl2NO3S. The molecule has 2 heterocycles. The number of rotatable bonds is 4. The molecule has 7 heteroatoms. The molecule has 122 valence electrons. The maximum Gasteiger partial charge on any atom is 0.338 e. The van der Waals surface area contributed by atoms with Crippen molar-refractivity contribution in [2.75, 3.05) is 11.9 Å². The van der Waals surface area contributed by atoms with Crippen LogP contribution in [0.15, 0.2) is 24.3 Å². The van der Waals surface area contributed by atoms with Crippen LogP contribution >= 0.6 is 34.5 Å². The lowest BCUT2D eigenvalue weighted by Crippen LogP contribution is -2.27. The van der Waals surface area contributed by atoms with E-state index in [-0.39, 0.29) is 11.8 Å². The number of ether oxygens (including phenoxy) is 1. The smallest absolute Gasteiger partial charge is 0.338 e. The van der Waals surface area contributed by atoms with Gasteiger partial charge >= 0.3 is 5.97 Å². The largest absolute Gasteiger partial charge is 0.478 e. The zero-order valence-electron chi connectivity index (χ0n) is 12.1. The fourth-order valence-corrected chi connectivity index (χ4v) is 4.18. The summed E-state index contributed by atoms with van der Waals surface area (Å²) >= 11 is 13.5. The summed E-state index contributed by atoms with van der Waals surface area (Å²) in [7, 11) is 0. The van der Waals surface area contributed by atoms with Crippen LogP contribution in [0.3, 0.4) is 0 Å². The molecule has 0 saturated carbocycles. The Bertz CT molecular complexity index is 726. The first-order chi connectivity index (χ1) is 11.0. The van der Waals surface area contributed by atoms with Gasteiger partial charge in [-0.1, -0.05) is 29.3 Å². The van der Waals surface area contributed by atoms with E-state index in [0.717, 1.165) is 29.7 Å².